The number of sulfonamides is 1. The maximum Gasteiger partial charge on any atom is 0.395 e. The van der Waals surface area contributed by atoms with Gasteiger partial charge in [-0.2, -0.15) is 0 Å². The van der Waals surface area contributed by atoms with Crippen LogP contribution in [0.5, 0.6) is 11.5 Å². The number of hydrogen-bond donors (Lipinski definition) is 3. The van der Waals surface area contributed by atoms with Gasteiger partial charge in [-0.05, 0) is 48.2 Å². The van der Waals surface area contributed by atoms with Gasteiger partial charge in [0.2, 0.25) is 10.0 Å². The number of fused-ring (bicyclic) bond motifs is 4. The second kappa shape index (κ2) is 7.47. The lowest BCUT2D eigenvalue weighted by atomic mass is 9.97. The number of carboxylic acids is 1. The topological polar surface area (TPSA) is 122 Å². The van der Waals surface area contributed by atoms with Crippen molar-refractivity contribution < 1.29 is 32.9 Å². The number of hydrogen-bond acceptors (Lipinski definition) is 6. The molecule has 1 saturated carbocycles. The van der Waals surface area contributed by atoms with Gasteiger partial charge in [0.05, 0.1) is 4.90 Å². The molecule has 1 aliphatic carbocycles. The third-order valence-electron chi connectivity index (χ3n) is 5.98. The van der Waals surface area contributed by atoms with Gasteiger partial charge in [-0.3, -0.25) is 0 Å². The number of aliphatic hydroxyl groups is 1. The Hall–Kier alpha value is -3.14. The van der Waals surface area contributed by atoms with E-state index in [1.807, 2.05) is 18.2 Å². The van der Waals surface area contributed by atoms with Crippen molar-refractivity contribution in [3.8, 4) is 11.5 Å². The van der Waals surface area contributed by atoms with Crippen LogP contribution >= 0.6 is 0 Å². The molecular formula is C23H21NO7S. The van der Waals surface area contributed by atoms with Gasteiger partial charge in [-0.25, -0.2) is 13.2 Å². The minimum atomic E-state index is -4.45. The Morgan fingerprint density at radius 2 is 1.84 bits per heavy atom. The predicted octanol–water partition coefficient (Wildman–Crippen LogP) is 2.96. The molecule has 3 atom stereocenters. The summed E-state index contributed by atoms with van der Waals surface area (Å²) in [7, 11) is -4.45. The van der Waals surface area contributed by atoms with Crippen molar-refractivity contribution in [1.82, 2.24) is 4.72 Å². The van der Waals surface area contributed by atoms with Gasteiger partial charge in [0.1, 0.15) is 6.10 Å². The van der Waals surface area contributed by atoms with Crippen molar-refractivity contribution in [2.45, 2.75) is 42.1 Å². The molecule has 0 aromatic heterocycles. The molecule has 3 aromatic rings. The molecule has 3 N–H and O–H groups in total. The van der Waals surface area contributed by atoms with Gasteiger partial charge in [-0.15, -0.1) is 4.72 Å². The SMILES string of the molecule is O=C(O)C(O)(NS(=O)(=O)c1ccc2ccccc2c1)Oc1cccc2c1OC1CCCC21. The number of carboxylic acid groups (broad SMARTS) is 1. The Labute approximate surface area is 184 Å². The summed E-state index contributed by atoms with van der Waals surface area (Å²) >= 11 is 0. The summed E-state index contributed by atoms with van der Waals surface area (Å²) in [5.74, 6) is -4.66. The van der Waals surface area contributed by atoms with E-state index in [1.165, 1.54) is 18.2 Å². The largest absolute Gasteiger partial charge is 0.486 e. The highest BCUT2D eigenvalue weighted by Gasteiger charge is 2.46. The molecule has 1 fully saturated rings. The molecule has 8 nitrogen and oxygen atoms in total. The van der Waals surface area contributed by atoms with E-state index in [4.69, 9.17) is 9.47 Å². The zero-order valence-electron chi connectivity index (χ0n) is 16.9. The molecule has 166 valence electrons. The van der Waals surface area contributed by atoms with E-state index in [9.17, 15) is 23.4 Å². The molecule has 9 heteroatoms. The monoisotopic (exact) mass is 455 g/mol. The van der Waals surface area contributed by atoms with Crippen molar-refractivity contribution in [1.29, 1.82) is 0 Å². The van der Waals surface area contributed by atoms with E-state index in [-0.39, 0.29) is 22.7 Å². The number of ether oxygens (including phenoxy) is 2. The zero-order chi connectivity index (χ0) is 22.5. The van der Waals surface area contributed by atoms with Gasteiger partial charge >= 0.3 is 11.9 Å². The zero-order valence-corrected chi connectivity index (χ0v) is 17.7. The third-order valence-corrected chi connectivity index (χ3v) is 7.40. The third kappa shape index (κ3) is 3.48. The van der Waals surface area contributed by atoms with Crippen LogP contribution in [0.3, 0.4) is 0 Å². The Balaban J connectivity index is 1.47. The van der Waals surface area contributed by atoms with E-state index < -0.39 is 21.9 Å². The molecule has 0 spiro atoms. The van der Waals surface area contributed by atoms with Gasteiger partial charge in [0.15, 0.2) is 11.5 Å². The summed E-state index contributed by atoms with van der Waals surface area (Å²) in [6, 6.07) is 16.4. The maximum absolute atomic E-state index is 12.9. The Morgan fingerprint density at radius 3 is 2.62 bits per heavy atom. The normalized spacial score (nSPS) is 21.4. The first-order valence-corrected chi connectivity index (χ1v) is 11.7. The van der Waals surface area contributed by atoms with Crippen LogP contribution in [0.25, 0.3) is 10.8 Å². The molecule has 0 amide bonds. The minimum Gasteiger partial charge on any atom is -0.486 e. The van der Waals surface area contributed by atoms with Crippen LogP contribution in [-0.2, 0) is 14.8 Å². The lowest BCUT2D eigenvalue weighted by molar-refractivity contribution is -0.197. The molecule has 2 aliphatic rings. The van der Waals surface area contributed by atoms with Crippen molar-refractivity contribution in [2.24, 2.45) is 0 Å². The van der Waals surface area contributed by atoms with Gasteiger partial charge in [-0.1, -0.05) is 42.5 Å². The lowest BCUT2D eigenvalue weighted by Crippen LogP contribution is -2.58. The number of nitrogens with one attached hydrogen (secondary N) is 1. The van der Waals surface area contributed by atoms with Crippen LogP contribution in [0.4, 0.5) is 0 Å². The summed E-state index contributed by atoms with van der Waals surface area (Å²) in [5.41, 5.74) is 0.870. The fraction of sp³-hybridized carbons (Fsp3) is 0.261. The fourth-order valence-electron chi connectivity index (χ4n) is 4.45. The first-order chi connectivity index (χ1) is 15.3. The molecule has 1 heterocycles. The average molecular weight is 455 g/mol. The summed E-state index contributed by atoms with van der Waals surface area (Å²) in [4.78, 5) is 11.7. The standard InChI is InChI=1S/C23H21NO7S/c25-22(26)23(27,24-32(28,29)16-12-11-14-5-1-2-6-15(14)13-16)31-20-10-4-8-18-17-7-3-9-19(17)30-21(18)20/h1-2,4-6,8,10-13,17,19,24,27H,3,7,9H2,(H,25,26). The summed E-state index contributed by atoms with van der Waals surface area (Å²) in [5, 5.41) is 21.8. The highest BCUT2D eigenvalue weighted by Crippen LogP contribution is 2.51. The quantitative estimate of drug-likeness (QED) is 0.489. The summed E-state index contributed by atoms with van der Waals surface area (Å²) in [6.07, 6.45) is 2.82. The Kier molecular flexibility index (Phi) is 4.85. The molecule has 0 bridgehead atoms. The summed E-state index contributed by atoms with van der Waals surface area (Å²) in [6.45, 7) is 0. The van der Waals surface area contributed by atoms with E-state index in [0.29, 0.717) is 11.1 Å². The first kappa shape index (κ1) is 20.7. The van der Waals surface area contributed by atoms with Crippen LogP contribution in [0.1, 0.15) is 30.7 Å². The maximum atomic E-state index is 12.9. The fourth-order valence-corrected chi connectivity index (χ4v) is 5.59. The molecular weight excluding hydrogens is 434 g/mol. The van der Waals surface area contributed by atoms with E-state index in [1.54, 1.807) is 29.0 Å². The van der Waals surface area contributed by atoms with Crippen LogP contribution in [0.15, 0.2) is 65.6 Å². The smallest absolute Gasteiger partial charge is 0.395 e. The first-order valence-electron chi connectivity index (χ1n) is 10.2. The molecule has 0 saturated heterocycles. The summed E-state index contributed by atoms with van der Waals surface area (Å²) < 4.78 is 39.0. The van der Waals surface area contributed by atoms with Gasteiger partial charge < -0.3 is 19.7 Å². The van der Waals surface area contributed by atoms with Crippen LogP contribution in [0, 0.1) is 0 Å². The molecule has 3 unspecified atom stereocenters. The highest BCUT2D eigenvalue weighted by atomic mass is 32.2. The van der Waals surface area contributed by atoms with E-state index in [2.05, 4.69) is 0 Å². The van der Waals surface area contributed by atoms with Crippen molar-refractivity contribution in [3.05, 3.63) is 66.2 Å². The number of benzene rings is 3. The van der Waals surface area contributed by atoms with Crippen LogP contribution < -0.4 is 14.2 Å². The predicted molar refractivity (Wildman–Crippen MR) is 115 cm³/mol. The molecule has 32 heavy (non-hydrogen) atoms. The average Bonchev–Trinajstić information content (AvgIpc) is 3.35. The van der Waals surface area contributed by atoms with Crippen LogP contribution in [-0.4, -0.2) is 36.6 Å². The highest BCUT2D eigenvalue weighted by molar-refractivity contribution is 7.89. The van der Waals surface area contributed by atoms with Crippen molar-refractivity contribution >= 4 is 26.8 Å². The number of aliphatic carboxylic acids is 1. The second-order valence-corrected chi connectivity index (χ2v) is 9.72. The minimum absolute atomic E-state index is 0.0260. The van der Waals surface area contributed by atoms with Crippen molar-refractivity contribution in [2.75, 3.05) is 0 Å². The van der Waals surface area contributed by atoms with Gasteiger partial charge in [0.25, 0.3) is 0 Å². The lowest BCUT2D eigenvalue weighted by Gasteiger charge is -2.26. The van der Waals surface area contributed by atoms with E-state index >= 15 is 0 Å². The molecule has 5 rings (SSSR count). The Bertz CT molecular complexity index is 1320. The molecule has 0 radical (unpaired) electrons. The van der Waals surface area contributed by atoms with Crippen LogP contribution in [0.2, 0.25) is 0 Å². The Morgan fingerprint density at radius 1 is 1.06 bits per heavy atom. The molecule has 1 aliphatic heterocycles. The molecule has 3 aromatic carbocycles. The van der Waals surface area contributed by atoms with E-state index in [0.717, 1.165) is 30.2 Å². The second-order valence-electron chi connectivity index (χ2n) is 8.03. The number of rotatable bonds is 6. The van der Waals surface area contributed by atoms with Gasteiger partial charge in [0, 0.05) is 11.5 Å². The number of carbonyl (C=O) groups is 1. The van der Waals surface area contributed by atoms with Crippen molar-refractivity contribution in [3.63, 3.8) is 0 Å². The number of para-hydroxylation sites is 1.